The maximum atomic E-state index is 13.6. The Labute approximate surface area is 178 Å². The Morgan fingerprint density at radius 1 is 0.655 bits per heavy atom. The molecule has 0 aromatic carbocycles. The molecule has 0 aliphatic carbocycles. The maximum absolute atomic E-state index is 13.6. The van der Waals surface area contributed by atoms with Gasteiger partial charge in [-0.05, 0) is 70.4 Å². The molecule has 0 N–H and O–H groups in total. The fourth-order valence-electron chi connectivity index (χ4n) is 1.40. The fourth-order valence-corrected chi connectivity index (χ4v) is 1.40. The third kappa shape index (κ3) is 20.3. The Kier molecular flexibility index (Phi) is 28.2. The molecule has 0 unspecified atom stereocenters. The van der Waals surface area contributed by atoms with Crippen LogP contribution in [0.15, 0.2) is 70.2 Å². The first-order chi connectivity index (χ1) is 13.7. The molecule has 166 valence electrons. The van der Waals surface area contributed by atoms with Crippen LogP contribution in [0.4, 0.5) is 13.2 Å². The van der Waals surface area contributed by atoms with E-state index in [1.807, 2.05) is 48.5 Å². The average molecular weight is 411 g/mol. The van der Waals surface area contributed by atoms with Gasteiger partial charge in [-0.3, -0.25) is 0 Å². The number of hydrogen-bond acceptors (Lipinski definition) is 0. The zero-order valence-electron chi connectivity index (χ0n) is 20.5. The molecule has 0 spiro atoms. The van der Waals surface area contributed by atoms with E-state index in [4.69, 9.17) is 0 Å². The van der Waals surface area contributed by atoms with Gasteiger partial charge in [0.05, 0.1) is 0 Å². The molecule has 0 bridgehead atoms. The van der Waals surface area contributed by atoms with Crippen molar-refractivity contribution >= 4 is 0 Å². The zero-order chi connectivity index (χ0) is 24.0. The van der Waals surface area contributed by atoms with Gasteiger partial charge >= 0.3 is 0 Å². The van der Waals surface area contributed by atoms with Crippen LogP contribution in [0.5, 0.6) is 0 Å². The molecule has 0 amide bonds. The molecule has 0 rings (SSSR count). The summed E-state index contributed by atoms with van der Waals surface area (Å²) in [6.45, 7) is 21.7. The lowest BCUT2D eigenvalue weighted by atomic mass is 10.1. The topological polar surface area (TPSA) is 0 Å². The Balaban J connectivity index is -0.000000472. The molecule has 0 saturated carbocycles. The van der Waals surface area contributed by atoms with E-state index in [0.717, 1.165) is 24.1 Å². The van der Waals surface area contributed by atoms with Gasteiger partial charge in [0.2, 0.25) is 0 Å². The second-order valence-corrected chi connectivity index (χ2v) is 5.13. The van der Waals surface area contributed by atoms with Gasteiger partial charge < -0.3 is 0 Å². The van der Waals surface area contributed by atoms with Gasteiger partial charge in [0.15, 0.2) is 5.83 Å². The first-order valence-electron chi connectivity index (χ1n) is 10.3. The van der Waals surface area contributed by atoms with Gasteiger partial charge in [0.25, 0.3) is 0 Å². The molecule has 0 radical (unpaired) electrons. The summed E-state index contributed by atoms with van der Waals surface area (Å²) in [4.78, 5) is 0. The summed E-state index contributed by atoms with van der Waals surface area (Å²) in [7, 11) is 0. The lowest BCUT2D eigenvalue weighted by Crippen LogP contribution is -1.83. The van der Waals surface area contributed by atoms with Crippen LogP contribution in [0.2, 0.25) is 0 Å². The van der Waals surface area contributed by atoms with E-state index < -0.39 is 11.7 Å². The van der Waals surface area contributed by atoms with Gasteiger partial charge in [-0.1, -0.05) is 71.6 Å². The summed E-state index contributed by atoms with van der Waals surface area (Å²) in [6, 6.07) is 0. The second kappa shape index (κ2) is 23.8. The highest BCUT2D eigenvalue weighted by atomic mass is 19.2. The molecule has 29 heavy (non-hydrogen) atoms. The van der Waals surface area contributed by atoms with Crippen LogP contribution in [0.1, 0.15) is 83.1 Å². The molecule has 0 saturated heterocycles. The Hall–Kier alpha value is -2.21. The van der Waals surface area contributed by atoms with E-state index in [0.29, 0.717) is 11.1 Å². The monoisotopic (exact) mass is 410 g/mol. The van der Waals surface area contributed by atoms with Crippen LogP contribution in [0.3, 0.4) is 0 Å². The number of allylic oxidation sites excluding steroid dienone is 12. The molecule has 0 atom stereocenters. The number of rotatable bonds is 4. The normalized spacial score (nSPS) is 13.3. The maximum Gasteiger partial charge on any atom is 0.155 e. The van der Waals surface area contributed by atoms with Crippen LogP contribution in [-0.4, -0.2) is 0 Å². The Morgan fingerprint density at radius 2 is 1.10 bits per heavy atom. The lowest BCUT2D eigenvalue weighted by Gasteiger charge is -2.00. The summed E-state index contributed by atoms with van der Waals surface area (Å²) < 4.78 is 39.3. The van der Waals surface area contributed by atoms with Crippen molar-refractivity contribution < 1.29 is 13.2 Å². The highest BCUT2D eigenvalue weighted by Gasteiger charge is 1.99. The van der Waals surface area contributed by atoms with Gasteiger partial charge in [0, 0.05) is 5.57 Å². The first kappa shape index (κ1) is 34.3. The van der Waals surface area contributed by atoms with Crippen LogP contribution >= 0.6 is 0 Å². The molecule has 0 heterocycles. The van der Waals surface area contributed by atoms with E-state index in [9.17, 15) is 13.2 Å². The minimum Gasteiger partial charge on any atom is -0.209 e. The SMILES string of the molecule is CC.CC.CC.C\C=C/C(F)=C(C)/C(C)=C/C=C(\C)C#C/C(C)=C/C(F)=C(\C)F. The third-order valence-electron chi connectivity index (χ3n) is 2.98. The van der Waals surface area contributed by atoms with Crippen LogP contribution in [-0.2, 0) is 0 Å². The molecular formula is C26H41F3. The van der Waals surface area contributed by atoms with Crippen molar-refractivity contribution in [1.29, 1.82) is 0 Å². The van der Waals surface area contributed by atoms with Crippen LogP contribution < -0.4 is 0 Å². The molecule has 0 aromatic heterocycles. The van der Waals surface area contributed by atoms with Gasteiger partial charge in [-0.2, -0.15) is 0 Å². The van der Waals surface area contributed by atoms with E-state index in [2.05, 4.69) is 11.8 Å². The highest BCUT2D eigenvalue weighted by molar-refractivity contribution is 5.42. The van der Waals surface area contributed by atoms with Gasteiger partial charge in [0.1, 0.15) is 11.7 Å². The van der Waals surface area contributed by atoms with E-state index in [1.165, 1.54) is 6.08 Å². The third-order valence-corrected chi connectivity index (χ3v) is 2.98. The summed E-state index contributed by atoms with van der Waals surface area (Å²) in [5, 5.41) is 0. The smallest absolute Gasteiger partial charge is 0.155 e. The average Bonchev–Trinajstić information content (AvgIpc) is 2.74. The van der Waals surface area contributed by atoms with Crippen molar-refractivity contribution in [2.75, 3.05) is 0 Å². The molecule has 3 heteroatoms. The quantitative estimate of drug-likeness (QED) is 0.319. The highest BCUT2D eigenvalue weighted by Crippen LogP contribution is 2.16. The van der Waals surface area contributed by atoms with E-state index in [1.54, 1.807) is 45.9 Å². The molecule has 0 fully saturated rings. The number of halogens is 3. The largest absolute Gasteiger partial charge is 0.209 e. The van der Waals surface area contributed by atoms with E-state index in [-0.39, 0.29) is 5.83 Å². The fraction of sp³-hybridized carbons (Fsp3) is 0.462. The number of hydrogen-bond donors (Lipinski definition) is 0. The second-order valence-electron chi connectivity index (χ2n) is 5.13. The predicted molar refractivity (Wildman–Crippen MR) is 127 cm³/mol. The van der Waals surface area contributed by atoms with Crippen molar-refractivity contribution in [1.82, 2.24) is 0 Å². The summed E-state index contributed by atoms with van der Waals surface area (Å²) in [6.07, 6.45) is 7.63. The van der Waals surface area contributed by atoms with Gasteiger partial charge in [-0.25, -0.2) is 13.2 Å². The van der Waals surface area contributed by atoms with E-state index >= 15 is 0 Å². The Morgan fingerprint density at radius 3 is 1.52 bits per heavy atom. The van der Waals surface area contributed by atoms with Crippen molar-refractivity contribution in [2.45, 2.75) is 83.1 Å². The lowest BCUT2D eigenvalue weighted by molar-refractivity contribution is 0.555. The van der Waals surface area contributed by atoms with Crippen LogP contribution in [0, 0.1) is 11.8 Å². The van der Waals surface area contributed by atoms with Gasteiger partial charge in [-0.15, -0.1) is 0 Å². The van der Waals surface area contributed by atoms with Crippen LogP contribution in [0.25, 0.3) is 0 Å². The zero-order valence-corrected chi connectivity index (χ0v) is 20.5. The van der Waals surface area contributed by atoms with Crippen molar-refractivity contribution in [3.05, 3.63) is 70.2 Å². The van der Waals surface area contributed by atoms with Crippen molar-refractivity contribution in [3.8, 4) is 11.8 Å². The Bertz CT molecular complexity index is 666. The molecule has 0 nitrogen and oxygen atoms in total. The summed E-state index contributed by atoms with van der Waals surface area (Å²) in [5.74, 6) is 3.51. The molecule has 0 aromatic rings. The summed E-state index contributed by atoms with van der Waals surface area (Å²) in [5.41, 5.74) is 2.50. The standard InChI is InChI=1S/C20H23F3.3C2H6/c1-7-8-19(22)17(5)16(4)12-11-14(2)9-10-15(3)13-20(23)18(6)21;3*1-2/h7-8,11-13H,1-6H3;3*1-2H3/b8-7-,14-11+,15-13+,16-12+,19-17-,20-18-;;;. The molecular weight excluding hydrogens is 369 g/mol. The molecule has 0 aliphatic rings. The predicted octanol–water partition coefficient (Wildman–Crippen LogP) is 9.90. The summed E-state index contributed by atoms with van der Waals surface area (Å²) >= 11 is 0. The minimum atomic E-state index is -0.922. The van der Waals surface area contributed by atoms with Crippen molar-refractivity contribution in [2.24, 2.45) is 0 Å². The first-order valence-corrected chi connectivity index (χ1v) is 10.3. The minimum absolute atomic E-state index is 0.277. The van der Waals surface area contributed by atoms with Crippen molar-refractivity contribution in [3.63, 3.8) is 0 Å². The molecule has 0 aliphatic heterocycles.